The summed E-state index contributed by atoms with van der Waals surface area (Å²) in [6.45, 7) is 3.38. The van der Waals surface area contributed by atoms with E-state index in [1.165, 1.54) is 6.92 Å². The standard InChI is InChI=1S/C14H16N4O3/c1-9-3-5-11(6-4-9)7-8-12-15-16-17-18(12)13(10(2)19)14(20)21/h3-8,10,13,19H,1-2H3,(H,20,21)/b8-7+. The van der Waals surface area contributed by atoms with Gasteiger partial charge in [0.05, 0.1) is 6.10 Å². The van der Waals surface area contributed by atoms with Crippen molar-refractivity contribution < 1.29 is 15.0 Å². The van der Waals surface area contributed by atoms with E-state index in [0.717, 1.165) is 15.8 Å². The minimum atomic E-state index is -1.22. The van der Waals surface area contributed by atoms with Crippen LogP contribution < -0.4 is 0 Å². The Hall–Kier alpha value is -2.54. The maximum Gasteiger partial charge on any atom is 0.331 e. The van der Waals surface area contributed by atoms with Crippen molar-refractivity contribution in [1.82, 2.24) is 20.2 Å². The van der Waals surface area contributed by atoms with Gasteiger partial charge in [-0.1, -0.05) is 35.9 Å². The van der Waals surface area contributed by atoms with E-state index >= 15 is 0 Å². The number of tetrazole rings is 1. The number of aliphatic hydroxyl groups is 1. The van der Waals surface area contributed by atoms with Gasteiger partial charge in [-0.3, -0.25) is 0 Å². The summed E-state index contributed by atoms with van der Waals surface area (Å²) < 4.78 is 1.09. The van der Waals surface area contributed by atoms with E-state index in [4.69, 9.17) is 5.11 Å². The number of aliphatic carboxylic acids is 1. The van der Waals surface area contributed by atoms with Gasteiger partial charge >= 0.3 is 5.97 Å². The summed E-state index contributed by atoms with van der Waals surface area (Å²) >= 11 is 0. The molecule has 2 unspecified atom stereocenters. The molecule has 110 valence electrons. The van der Waals surface area contributed by atoms with Crippen molar-refractivity contribution in [3.63, 3.8) is 0 Å². The number of hydrogen-bond acceptors (Lipinski definition) is 5. The monoisotopic (exact) mass is 288 g/mol. The molecule has 0 aliphatic rings. The van der Waals surface area contributed by atoms with Gasteiger partial charge in [-0.05, 0) is 35.9 Å². The maximum absolute atomic E-state index is 11.2. The zero-order valence-corrected chi connectivity index (χ0v) is 11.7. The maximum atomic E-state index is 11.2. The Bertz CT molecular complexity index is 646. The van der Waals surface area contributed by atoms with E-state index in [0.29, 0.717) is 0 Å². The average Bonchev–Trinajstić information content (AvgIpc) is 2.85. The normalized spacial score (nSPS) is 14.2. The van der Waals surface area contributed by atoms with E-state index < -0.39 is 18.1 Å². The third kappa shape index (κ3) is 3.51. The molecule has 0 radical (unpaired) electrons. The van der Waals surface area contributed by atoms with Crippen LogP contribution in [0, 0.1) is 6.92 Å². The molecular weight excluding hydrogens is 272 g/mol. The van der Waals surface area contributed by atoms with Crippen molar-refractivity contribution in [2.45, 2.75) is 26.0 Å². The summed E-state index contributed by atoms with van der Waals surface area (Å²) in [5, 5.41) is 29.6. The fraction of sp³-hybridized carbons (Fsp3) is 0.286. The van der Waals surface area contributed by atoms with Gasteiger partial charge in [0.1, 0.15) is 0 Å². The van der Waals surface area contributed by atoms with Gasteiger partial charge in [0, 0.05) is 0 Å². The third-order valence-corrected chi connectivity index (χ3v) is 2.99. The van der Waals surface area contributed by atoms with Crippen LogP contribution in [-0.2, 0) is 4.79 Å². The molecule has 0 aliphatic heterocycles. The number of rotatable bonds is 5. The highest BCUT2D eigenvalue weighted by molar-refractivity contribution is 5.73. The number of hydrogen-bond donors (Lipinski definition) is 2. The molecule has 1 aromatic heterocycles. The van der Waals surface area contributed by atoms with Gasteiger partial charge < -0.3 is 10.2 Å². The van der Waals surface area contributed by atoms with Gasteiger partial charge in [0.15, 0.2) is 11.9 Å². The Balaban J connectivity index is 2.28. The topological polar surface area (TPSA) is 101 Å². The number of benzene rings is 1. The van der Waals surface area contributed by atoms with Gasteiger partial charge in [0.25, 0.3) is 0 Å². The largest absolute Gasteiger partial charge is 0.480 e. The summed E-state index contributed by atoms with van der Waals surface area (Å²) in [6.07, 6.45) is 2.28. The van der Waals surface area contributed by atoms with Crippen LogP contribution in [0.2, 0.25) is 0 Å². The molecule has 0 aliphatic carbocycles. The second-order valence-corrected chi connectivity index (χ2v) is 4.75. The molecule has 2 N–H and O–H groups in total. The first-order valence-electron chi connectivity index (χ1n) is 6.42. The minimum Gasteiger partial charge on any atom is -0.480 e. The molecule has 7 nitrogen and oxygen atoms in total. The van der Waals surface area contributed by atoms with Gasteiger partial charge in [-0.2, -0.15) is 0 Å². The van der Waals surface area contributed by atoms with Crippen LogP contribution in [0.5, 0.6) is 0 Å². The summed E-state index contributed by atoms with van der Waals surface area (Å²) in [5.74, 6) is -0.925. The lowest BCUT2D eigenvalue weighted by Crippen LogP contribution is -2.30. The van der Waals surface area contributed by atoms with Crippen LogP contribution in [-0.4, -0.2) is 42.5 Å². The second kappa shape index (κ2) is 6.27. The van der Waals surface area contributed by atoms with Crippen LogP contribution in [0.3, 0.4) is 0 Å². The summed E-state index contributed by atoms with van der Waals surface area (Å²) in [5.41, 5.74) is 2.09. The Morgan fingerprint density at radius 3 is 2.52 bits per heavy atom. The molecule has 0 spiro atoms. The first kappa shape index (κ1) is 14.9. The van der Waals surface area contributed by atoms with Crippen LogP contribution in [0.25, 0.3) is 12.2 Å². The molecule has 0 fully saturated rings. The lowest BCUT2D eigenvalue weighted by molar-refractivity contribution is -0.144. The molecule has 7 heteroatoms. The molecule has 2 aromatic rings. The highest BCUT2D eigenvalue weighted by Gasteiger charge is 2.28. The van der Waals surface area contributed by atoms with Crippen LogP contribution >= 0.6 is 0 Å². The van der Waals surface area contributed by atoms with Crippen molar-refractivity contribution in [2.24, 2.45) is 0 Å². The van der Waals surface area contributed by atoms with Crippen molar-refractivity contribution in [1.29, 1.82) is 0 Å². The number of carboxylic acids is 1. The molecule has 1 aromatic carbocycles. The first-order valence-corrected chi connectivity index (χ1v) is 6.42. The smallest absolute Gasteiger partial charge is 0.331 e. The van der Waals surface area contributed by atoms with E-state index in [1.54, 1.807) is 12.2 Å². The number of aryl methyl sites for hydroxylation is 1. The molecule has 2 rings (SSSR count). The highest BCUT2D eigenvalue weighted by Crippen LogP contribution is 2.14. The van der Waals surface area contributed by atoms with Crippen molar-refractivity contribution in [3.8, 4) is 0 Å². The van der Waals surface area contributed by atoms with Crippen molar-refractivity contribution >= 4 is 18.1 Å². The zero-order valence-electron chi connectivity index (χ0n) is 11.7. The molecule has 1 heterocycles. The lowest BCUT2D eigenvalue weighted by Gasteiger charge is -2.15. The summed E-state index contributed by atoms with van der Waals surface area (Å²) in [7, 11) is 0. The molecule has 2 atom stereocenters. The molecular formula is C14H16N4O3. The number of nitrogens with zero attached hydrogens (tertiary/aromatic N) is 4. The number of carbonyl (C=O) groups is 1. The summed E-state index contributed by atoms with van der Waals surface area (Å²) in [4.78, 5) is 11.2. The summed E-state index contributed by atoms with van der Waals surface area (Å²) in [6, 6.07) is 6.58. The Kier molecular flexibility index (Phi) is 4.44. The van der Waals surface area contributed by atoms with Gasteiger partial charge in [-0.25, -0.2) is 9.48 Å². The Morgan fingerprint density at radius 1 is 1.29 bits per heavy atom. The average molecular weight is 288 g/mol. The number of carboxylic acid groups (broad SMARTS) is 1. The Labute approximate surface area is 121 Å². The van der Waals surface area contributed by atoms with Crippen LogP contribution in [0.1, 0.15) is 29.9 Å². The first-order chi connectivity index (χ1) is 9.99. The van der Waals surface area contributed by atoms with Crippen molar-refractivity contribution in [3.05, 3.63) is 41.2 Å². The predicted octanol–water partition coefficient (Wildman–Crippen LogP) is 1.16. The highest BCUT2D eigenvalue weighted by atomic mass is 16.4. The quantitative estimate of drug-likeness (QED) is 0.856. The molecule has 0 saturated carbocycles. The van der Waals surface area contributed by atoms with Gasteiger partial charge in [0.2, 0.25) is 0 Å². The molecule has 21 heavy (non-hydrogen) atoms. The van der Waals surface area contributed by atoms with E-state index in [9.17, 15) is 9.90 Å². The number of aliphatic hydroxyl groups excluding tert-OH is 1. The molecule has 0 amide bonds. The van der Waals surface area contributed by atoms with Gasteiger partial charge in [-0.15, -0.1) is 5.10 Å². The SMILES string of the molecule is Cc1ccc(/C=C/c2nnnn2C(C(=O)O)C(C)O)cc1. The van der Waals surface area contributed by atoms with E-state index in [1.807, 2.05) is 31.2 Å². The second-order valence-electron chi connectivity index (χ2n) is 4.75. The predicted molar refractivity (Wildman–Crippen MR) is 76.3 cm³/mol. The fourth-order valence-corrected chi connectivity index (χ4v) is 1.87. The lowest BCUT2D eigenvalue weighted by atomic mass is 10.1. The number of aromatic nitrogens is 4. The van der Waals surface area contributed by atoms with Crippen LogP contribution in [0.15, 0.2) is 24.3 Å². The van der Waals surface area contributed by atoms with E-state index in [-0.39, 0.29) is 5.82 Å². The molecule has 0 saturated heterocycles. The molecule has 0 bridgehead atoms. The minimum absolute atomic E-state index is 0.267. The fourth-order valence-electron chi connectivity index (χ4n) is 1.87. The van der Waals surface area contributed by atoms with E-state index in [2.05, 4.69) is 15.5 Å². The van der Waals surface area contributed by atoms with Crippen molar-refractivity contribution in [2.75, 3.05) is 0 Å². The Morgan fingerprint density at radius 2 is 1.95 bits per heavy atom. The third-order valence-electron chi connectivity index (χ3n) is 2.99. The zero-order chi connectivity index (χ0) is 15.4. The van der Waals surface area contributed by atoms with Crippen LogP contribution in [0.4, 0.5) is 0 Å².